The number of hydrogen-bond donors (Lipinski definition) is 1. The van der Waals surface area contributed by atoms with Gasteiger partial charge in [0.1, 0.15) is 11.3 Å². The number of para-hydroxylation sites is 1. The molecule has 0 atom stereocenters. The number of benzene rings is 2. The normalized spacial score (nSPS) is 9.41. The molecule has 0 spiro atoms. The van der Waals surface area contributed by atoms with Crippen LogP contribution in [-0.2, 0) is 4.74 Å². The second-order valence-electron chi connectivity index (χ2n) is 4.22. The highest BCUT2D eigenvalue weighted by molar-refractivity contribution is 5.92. The van der Waals surface area contributed by atoms with Crippen LogP contribution in [0.1, 0.15) is 15.9 Å². The molecule has 22 heavy (non-hydrogen) atoms. The van der Waals surface area contributed by atoms with Crippen molar-refractivity contribution in [2.24, 2.45) is 0 Å². The largest absolute Gasteiger partial charge is 0.507 e. The first kappa shape index (κ1) is 17.1. The van der Waals surface area contributed by atoms with Crippen LogP contribution in [0, 0.1) is 22.9 Å². The summed E-state index contributed by atoms with van der Waals surface area (Å²) in [5.74, 6) is -1.37. The Labute approximate surface area is 125 Å². The van der Waals surface area contributed by atoms with Crippen LogP contribution in [0.15, 0.2) is 42.5 Å². The zero-order valence-electron chi connectivity index (χ0n) is 11.9. The van der Waals surface area contributed by atoms with Gasteiger partial charge in [-0.3, -0.25) is 10.1 Å². The van der Waals surface area contributed by atoms with Crippen LogP contribution in [-0.4, -0.2) is 23.1 Å². The van der Waals surface area contributed by atoms with Crippen molar-refractivity contribution < 1.29 is 24.0 Å². The number of methoxy groups -OCH3 is 1. The van der Waals surface area contributed by atoms with Crippen molar-refractivity contribution >= 4 is 11.7 Å². The zero-order chi connectivity index (χ0) is 16.7. The molecule has 0 bridgehead atoms. The fraction of sp³-hybridized carbons (Fsp3) is 0.133. The molecule has 0 amide bonds. The number of phenols is 1. The summed E-state index contributed by atoms with van der Waals surface area (Å²) in [4.78, 5) is 20.3. The van der Waals surface area contributed by atoms with Crippen molar-refractivity contribution in [1.29, 1.82) is 0 Å². The van der Waals surface area contributed by atoms with Gasteiger partial charge in [0, 0.05) is 6.07 Å². The smallest absolute Gasteiger partial charge is 0.341 e. The Morgan fingerprint density at radius 3 is 2.41 bits per heavy atom. The molecule has 7 heteroatoms. The molecule has 0 aromatic heterocycles. The van der Waals surface area contributed by atoms with Gasteiger partial charge in [-0.05, 0) is 30.7 Å². The summed E-state index contributed by atoms with van der Waals surface area (Å²) in [6.07, 6.45) is 0. The third kappa shape index (κ3) is 4.55. The van der Waals surface area contributed by atoms with Crippen LogP contribution in [0.3, 0.4) is 0 Å². The Hall–Kier alpha value is -2.96. The number of esters is 1. The molecule has 0 aliphatic carbocycles. The number of aromatic hydroxyl groups is 1. The van der Waals surface area contributed by atoms with Crippen LogP contribution >= 0.6 is 0 Å². The van der Waals surface area contributed by atoms with E-state index in [0.29, 0.717) is 5.56 Å². The number of hydrogen-bond acceptors (Lipinski definition) is 5. The maximum absolute atomic E-state index is 12.6. The second kappa shape index (κ2) is 7.72. The fourth-order valence-electron chi connectivity index (χ4n) is 1.52. The molecule has 2 aromatic rings. The lowest BCUT2D eigenvalue weighted by atomic mass is 10.2. The number of phenolic OH excluding ortho intramolecular Hbond substituents is 1. The molecule has 0 fully saturated rings. The summed E-state index contributed by atoms with van der Waals surface area (Å²) in [6, 6.07) is 10.0. The van der Waals surface area contributed by atoms with Crippen LogP contribution in [0.4, 0.5) is 10.1 Å². The highest BCUT2D eigenvalue weighted by Gasteiger charge is 2.12. The predicted molar refractivity (Wildman–Crippen MR) is 77.2 cm³/mol. The summed E-state index contributed by atoms with van der Waals surface area (Å²) in [7, 11) is 1.27. The lowest BCUT2D eigenvalue weighted by molar-refractivity contribution is -0.387. The minimum Gasteiger partial charge on any atom is -0.507 e. The monoisotopic (exact) mass is 307 g/mol. The van der Waals surface area contributed by atoms with Crippen molar-refractivity contribution in [2.75, 3.05) is 7.11 Å². The highest BCUT2D eigenvalue weighted by Crippen LogP contribution is 2.17. The van der Waals surface area contributed by atoms with Crippen molar-refractivity contribution in [3.63, 3.8) is 0 Å². The van der Waals surface area contributed by atoms with E-state index >= 15 is 0 Å². The lowest BCUT2D eigenvalue weighted by Crippen LogP contribution is -2.00. The Morgan fingerprint density at radius 2 is 1.91 bits per heavy atom. The number of rotatable bonds is 2. The zero-order valence-corrected chi connectivity index (χ0v) is 11.9. The Kier molecular flexibility index (Phi) is 6.00. The second-order valence-corrected chi connectivity index (χ2v) is 4.22. The highest BCUT2D eigenvalue weighted by atomic mass is 19.1. The van der Waals surface area contributed by atoms with E-state index in [9.17, 15) is 19.3 Å². The topological polar surface area (TPSA) is 89.7 Å². The number of nitrogens with zero attached hydrogens (tertiary/aromatic N) is 1. The molecular formula is C15H14FNO5. The molecule has 116 valence electrons. The van der Waals surface area contributed by atoms with E-state index in [1.807, 2.05) is 0 Å². The van der Waals surface area contributed by atoms with Crippen LogP contribution in [0.5, 0.6) is 5.75 Å². The maximum atomic E-state index is 12.6. The molecule has 0 aliphatic heterocycles. The van der Waals surface area contributed by atoms with Crippen LogP contribution in [0.2, 0.25) is 0 Å². The van der Waals surface area contributed by atoms with Crippen molar-refractivity contribution in [2.45, 2.75) is 6.92 Å². The molecule has 0 heterocycles. The van der Waals surface area contributed by atoms with Gasteiger partial charge in [0.15, 0.2) is 0 Å². The van der Waals surface area contributed by atoms with E-state index in [1.165, 1.54) is 31.4 Å². The summed E-state index contributed by atoms with van der Waals surface area (Å²) in [5.41, 5.74) is 0.401. The number of nitro benzene ring substituents is 1. The standard InChI is InChI=1S/C8H8O3.C7H6FNO2/c1-11-8(10)6-4-2-3-5-7(6)9;1-5-2-3-6(8)7(4-5)9(10)11/h2-5,9H,1H3;2-4H,1H3. The van der Waals surface area contributed by atoms with E-state index in [-0.39, 0.29) is 11.3 Å². The van der Waals surface area contributed by atoms with Gasteiger partial charge >= 0.3 is 11.7 Å². The summed E-state index contributed by atoms with van der Waals surface area (Å²) in [5, 5.41) is 19.3. The number of halogens is 1. The molecule has 0 saturated heterocycles. The predicted octanol–water partition coefficient (Wildman–Crippen LogP) is 3.22. The summed E-state index contributed by atoms with van der Waals surface area (Å²) in [6.45, 7) is 1.67. The Balaban J connectivity index is 0.000000220. The summed E-state index contributed by atoms with van der Waals surface area (Å²) < 4.78 is 17.0. The minimum absolute atomic E-state index is 0.0562. The van der Waals surface area contributed by atoms with Crippen molar-refractivity contribution in [1.82, 2.24) is 0 Å². The van der Waals surface area contributed by atoms with Crippen molar-refractivity contribution in [3.8, 4) is 5.75 Å². The van der Waals surface area contributed by atoms with Crippen molar-refractivity contribution in [3.05, 3.63) is 69.5 Å². The molecule has 0 aliphatic rings. The molecule has 6 nitrogen and oxygen atoms in total. The van der Waals surface area contributed by atoms with Gasteiger partial charge in [-0.2, -0.15) is 4.39 Å². The van der Waals surface area contributed by atoms with Gasteiger partial charge in [0.05, 0.1) is 12.0 Å². The number of ether oxygens (including phenoxy) is 1. The third-order valence-electron chi connectivity index (χ3n) is 2.61. The average Bonchev–Trinajstić information content (AvgIpc) is 2.50. The van der Waals surface area contributed by atoms with E-state index in [0.717, 1.165) is 6.07 Å². The quantitative estimate of drug-likeness (QED) is 0.522. The first-order valence-corrected chi connectivity index (χ1v) is 6.13. The number of carbonyl (C=O) groups excluding carboxylic acids is 1. The average molecular weight is 307 g/mol. The Morgan fingerprint density at radius 1 is 1.27 bits per heavy atom. The maximum Gasteiger partial charge on any atom is 0.341 e. The van der Waals surface area contributed by atoms with Gasteiger partial charge in [0.2, 0.25) is 5.82 Å². The number of carbonyl (C=O) groups is 1. The third-order valence-corrected chi connectivity index (χ3v) is 2.61. The van der Waals surface area contributed by atoms with Crippen LogP contribution in [0.25, 0.3) is 0 Å². The number of aryl methyl sites for hydroxylation is 1. The Bertz CT molecular complexity index is 687. The molecular weight excluding hydrogens is 293 g/mol. The first-order valence-electron chi connectivity index (χ1n) is 6.13. The van der Waals surface area contributed by atoms with Gasteiger partial charge in [-0.15, -0.1) is 0 Å². The van der Waals surface area contributed by atoms with Gasteiger partial charge in [0.25, 0.3) is 0 Å². The molecule has 1 N–H and O–H groups in total. The van der Waals surface area contributed by atoms with E-state index < -0.39 is 22.4 Å². The summed E-state index contributed by atoms with van der Waals surface area (Å²) >= 11 is 0. The first-order chi connectivity index (χ1) is 10.4. The van der Waals surface area contributed by atoms with Crippen LogP contribution < -0.4 is 0 Å². The minimum atomic E-state index is -0.791. The van der Waals surface area contributed by atoms with E-state index in [2.05, 4.69) is 4.74 Å². The molecule has 2 rings (SSSR count). The number of nitro groups is 1. The van der Waals surface area contributed by atoms with E-state index in [1.54, 1.807) is 19.1 Å². The molecule has 2 aromatic carbocycles. The van der Waals surface area contributed by atoms with E-state index in [4.69, 9.17) is 5.11 Å². The molecule has 0 saturated carbocycles. The SMILES string of the molecule is COC(=O)c1ccccc1O.Cc1ccc(F)c([N+](=O)[O-])c1. The molecule has 0 radical (unpaired) electrons. The molecule has 0 unspecified atom stereocenters. The van der Waals surface area contributed by atoms with Gasteiger partial charge < -0.3 is 9.84 Å². The fourth-order valence-corrected chi connectivity index (χ4v) is 1.52. The van der Waals surface area contributed by atoms with Gasteiger partial charge in [-0.1, -0.05) is 18.2 Å². The lowest BCUT2D eigenvalue weighted by Gasteiger charge is -1.99. The van der Waals surface area contributed by atoms with Gasteiger partial charge in [-0.25, -0.2) is 4.79 Å².